The maximum atomic E-state index is 12.1. The first-order valence-corrected chi connectivity index (χ1v) is 7.11. The van der Waals surface area contributed by atoms with Gasteiger partial charge in [-0.3, -0.25) is 9.89 Å². The summed E-state index contributed by atoms with van der Waals surface area (Å²) in [4.78, 5) is 13.0. The number of nitrogens with zero attached hydrogens (tertiary/aromatic N) is 1. The topological polar surface area (TPSA) is 83.8 Å². The molecule has 0 atom stereocenters. The molecule has 1 aromatic heterocycles. The summed E-state index contributed by atoms with van der Waals surface area (Å²) in [7, 11) is 0. The molecule has 100 valence electrons. The van der Waals surface area contributed by atoms with E-state index in [1.165, 1.54) is 0 Å². The Hall–Kier alpha value is -1.66. The Labute approximate surface area is 119 Å². The van der Waals surface area contributed by atoms with Gasteiger partial charge in [-0.15, -0.1) is 11.8 Å². The minimum absolute atomic E-state index is 0.235. The zero-order valence-corrected chi connectivity index (χ0v) is 11.8. The van der Waals surface area contributed by atoms with Crippen molar-refractivity contribution in [3.63, 3.8) is 0 Å². The van der Waals surface area contributed by atoms with Gasteiger partial charge in [0.1, 0.15) is 5.82 Å². The van der Waals surface area contributed by atoms with Crippen LogP contribution in [0.25, 0.3) is 0 Å². The van der Waals surface area contributed by atoms with Crippen LogP contribution in [-0.2, 0) is 6.54 Å². The summed E-state index contributed by atoms with van der Waals surface area (Å²) in [5, 5.41) is 9.58. The number of halogens is 1. The molecule has 0 unspecified atom stereocenters. The second kappa shape index (κ2) is 5.99. The highest BCUT2D eigenvalue weighted by Gasteiger charge is 2.12. The third-order valence-electron chi connectivity index (χ3n) is 2.61. The maximum Gasteiger partial charge on any atom is 0.253 e. The Kier molecular flexibility index (Phi) is 4.34. The van der Waals surface area contributed by atoms with Crippen LogP contribution >= 0.6 is 23.4 Å². The van der Waals surface area contributed by atoms with Crippen LogP contribution in [0, 0.1) is 0 Å². The first-order chi connectivity index (χ1) is 9.11. The Morgan fingerprint density at radius 1 is 1.58 bits per heavy atom. The van der Waals surface area contributed by atoms with Gasteiger partial charge in [0.15, 0.2) is 0 Å². The van der Waals surface area contributed by atoms with E-state index in [0.717, 1.165) is 10.5 Å². The molecule has 0 aliphatic rings. The van der Waals surface area contributed by atoms with E-state index >= 15 is 0 Å². The molecule has 0 saturated carbocycles. The van der Waals surface area contributed by atoms with Gasteiger partial charge in [-0.2, -0.15) is 5.10 Å². The summed E-state index contributed by atoms with van der Waals surface area (Å²) in [6.07, 6.45) is 3.52. The zero-order chi connectivity index (χ0) is 13.8. The molecule has 4 N–H and O–H groups in total. The molecule has 1 heterocycles. The van der Waals surface area contributed by atoms with Crippen LogP contribution < -0.4 is 11.1 Å². The SMILES string of the molecule is CSc1ccc(Cl)c(C(=O)NCc2cn[nH]c2N)c1. The van der Waals surface area contributed by atoms with E-state index in [9.17, 15) is 4.79 Å². The van der Waals surface area contributed by atoms with Crippen LogP contribution in [0.2, 0.25) is 5.02 Å². The second-order valence-electron chi connectivity index (χ2n) is 3.84. The van der Waals surface area contributed by atoms with Gasteiger partial charge in [0.2, 0.25) is 0 Å². The number of H-pyrrole nitrogens is 1. The van der Waals surface area contributed by atoms with E-state index in [1.54, 1.807) is 30.1 Å². The fourth-order valence-corrected chi connectivity index (χ4v) is 2.18. The summed E-state index contributed by atoms with van der Waals surface area (Å²) < 4.78 is 0. The molecule has 0 aliphatic heterocycles. The lowest BCUT2D eigenvalue weighted by Crippen LogP contribution is -2.23. The predicted octanol–water partition coefficient (Wildman–Crippen LogP) is 2.30. The van der Waals surface area contributed by atoms with E-state index in [-0.39, 0.29) is 5.91 Å². The normalized spacial score (nSPS) is 10.4. The number of carbonyl (C=O) groups excluding carboxylic acids is 1. The lowest BCUT2D eigenvalue weighted by atomic mass is 10.2. The number of hydrogen-bond donors (Lipinski definition) is 3. The number of rotatable bonds is 4. The number of anilines is 1. The van der Waals surface area contributed by atoms with Gasteiger partial charge in [0.05, 0.1) is 16.8 Å². The molecule has 0 radical (unpaired) electrons. The Morgan fingerprint density at radius 2 is 2.37 bits per heavy atom. The molecule has 2 aromatic rings. The van der Waals surface area contributed by atoms with Crippen LogP contribution in [0.15, 0.2) is 29.3 Å². The minimum atomic E-state index is -0.235. The van der Waals surface area contributed by atoms with E-state index < -0.39 is 0 Å². The number of hydrogen-bond acceptors (Lipinski definition) is 4. The average molecular weight is 297 g/mol. The summed E-state index contributed by atoms with van der Waals surface area (Å²) in [6.45, 7) is 0.307. The second-order valence-corrected chi connectivity index (χ2v) is 5.12. The van der Waals surface area contributed by atoms with Gasteiger partial charge in [0, 0.05) is 17.0 Å². The lowest BCUT2D eigenvalue weighted by Gasteiger charge is -2.07. The highest BCUT2D eigenvalue weighted by atomic mass is 35.5. The lowest BCUT2D eigenvalue weighted by molar-refractivity contribution is 0.0951. The number of aromatic nitrogens is 2. The van der Waals surface area contributed by atoms with Crippen molar-refractivity contribution in [3.8, 4) is 0 Å². The molecular weight excluding hydrogens is 284 g/mol. The minimum Gasteiger partial charge on any atom is -0.384 e. The van der Waals surface area contributed by atoms with E-state index in [0.29, 0.717) is 22.9 Å². The molecule has 2 rings (SSSR count). The average Bonchev–Trinajstić information content (AvgIpc) is 2.82. The van der Waals surface area contributed by atoms with Crippen molar-refractivity contribution in [2.24, 2.45) is 0 Å². The number of carbonyl (C=O) groups is 1. The molecule has 1 aromatic carbocycles. The van der Waals surface area contributed by atoms with Gasteiger partial charge in [0.25, 0.3) is 5.91 Å². The summed E-state index contributed by atoms with van der Waals surface area (Å²) in [5.74, 6) is 0.214. The molecule has 0 fully saturated rings. The predicted molar refractivity (Wildman–Crippen MR) is 77.4 cm³/mol. The van der Waals surface area contributed by atoms with Crippen molar-refractivity contribution < 1.29 is 4.79 Å². The number of benzene rings is 1. The van der Waals surface area contributed by atoms with Crippen molar-refractivity contribution in [1.29, 1.82) is 0 Å². The van der Waals surface area contributed by atoms with E-state index in [1.807, 2.05) is 12.3 Å². The maximum absolute atomic E-state index is 12.1. The smallest absolute Gasteiger partial charge is 0.253 e. The monoisotopic (exact) mass is 296 g/mol. The first-order valence-electron chi connectivity index (χ1n) is 5.51. The standard InChI is InChI=1S/C12H13ClN4OS/c1-19-8-2-3-10(13)9(4-8)12(18)15-5-7-6-16-17-11(7)14/h2-4,6H,5H2,1H3,(H,15,18)(H3,14,16,17). The van der Waals surface area contributed by atoms with Gasteiger partial charge in [-0.25, -0.2) is 0 Å². The summed E-state index contributed by atoms with van der Waals surface area (Å²) in [5.41, 5.74) is 6.84. The third kappa shape index (κ3) is 3.21. The van der Waals surface area contributed by atoms with Crippen LogP contribution in [0.5, 0.6) is 0 Å². The van der Waals surface area contributed by atoms with Crippen molar-refractivity contribution in [3.05, 3.63) is 40.5 Å². The molecular formula is C12H13ClN4OS. The van der Waals surface area contributed by atoms with E-state index in [2.05, 4.69) is 15.5 Å². The molecule has 0 spiro atoms. The number of nitrogens with one attached hydrogen (secondary N) is 2. The molecule has 1 amide bonds. The summed E-state index contributed by atoms with van der Waals surface area (Å²) in [6, 6.07) is 5.35. The van der Waals surface area contributed by atoms with Gasteiger partial charge in [-0.1, -0.05) is 11.6 Å². The number of nitrogens with two attached hydrogens (primary N) is 1. The van der Waals surface area contributed by atoms with Crippen LogP contribution in [0.3, 0.4) is 0 Å². The van der Waals surface area contributed by atoms with Crippen molar-refractivity contribution in [2.75, 3.05) is 12.0 Å². The van der Waals surface area contributed by atoms with Crippen molar-refractivity contribution in [2.45, 2.75) is 11.4 Å². The highest BCUT2D eigenvalue weighted by molar-refractivity contribution is 7.98. The van der Waals surface area contributed by atoms with Crippen LogP contribution in [0.4, 0.5) is 5.82 Å². The summed E-state index contributed by atoms with van der Waals surface area (Å²) >= 11 is 7.58. The van der Waals surface area contributed by atoms with Crippen molar-refractivity contribution >= 4 is 35.1 Å². The van der Waals surface area contributed by atoms with Crippen LogP contribution in [0.1, 0.15) is 15.9 Å². The quantitative estimate of drug-likeness (QED) is 0.756. The number of nitrogen functional groups attached to an aromatic ring is 1. The van der Waals surface area contributed by atoms with Gasteiger partial charge in [-0.05, 0) is 24.5 Å². The fourth-order valence-electron chi connectivity index (χ4n) is 1.54. The fraction of sp³-hybridized carbons (Fsp3) is 0.167. The first kappa shape index (κ1) is 13.8. The molecule has 7 heteroatoms. The highest BCUT2D eigenvalue weighted by Crippen LogP contribution is 2.23. The number of aromatic amines is 1. The Balaban J connectivity index is 2.10. The molecule has 5 nitrogen and oxygen atoms in total. The zero-order valence-electron chi connectivity index (χ0n) is 10.2. The Morgan fingerprint density at radius 3 is 3.00 bits per heavy atom. The molecule has 0 bridgehead atoms. The Bertz CT molecular complexity index is 599. The van der Waals surface area contributed by atoms with Gasteiger partial charge < -0.3 is 11.1 Å². The number of thioether (sulfide) groups is 1. The van der Waals surface area contributed by atoms with Crippen molar-refractivity contribution in [1.82, 2.24) is 15.5 Å². The third-order valence-corrected chi connectivity index (χ3v) is 3.66. The largest absolute Gasteiger partial charge is 0.384 e. The van der Waals surface area contributed by atoms with Crippen LogP contribution in [-0.4, -0.2) is 22.4 Å². The molecule has 19 heavy (non-hydrogen) atoms. The molecule has 0 saturated heterocycles. The van der Waals surface area contributed by atoms with Gasteiger partial charge >= 0.3 is 0 Å². The van der Waals surface area contributed by atoms with E-state index in [4.69, 9.17) is 17.3 Å². The number of amides is 1. The molecule has 0 aliphatic carbocycles.